The summed E-state index contributed by atoms with van der Waals surface area (Å²) in [5, 5.41) is 14.1. The molecule has 24 heavy (non-hydrogen) atoms. The van der Waals surface area contributed by atoms with Crippen molar-refractivity contribution in [2.24, 2.45) is 0 Å². The van der Waals surface area contributed by atoms with Gasteiger partial charge in [-0.3, -0.25) is 4.79 Å². The third-order valence-electron chi connectivity index (χ3n) is 3.89. The van der Waals surface area contributed by atoms with Crippen LogP contribution in [0.4, 0.5) is 0 Å². The number of aliphatic carboxylic acids is 1. The Hall–Kier alpha value is -1.10. The predicted molar refractivity (Wildman–Crippen MR) is 97.5 cm³/mol. The minimum atomic E-state index is -1.08. The summed E-state index contributed by atoms with van der Waals surface area (Å²) in [6, 6.07) is 0.339. The molecule has 1 amide bonds. The lowest BCUT2D eigenvalue weighted by Gasteiger charge is -2.14. The quantitative estimate of drug-likeness (QED) is 0.471. The molecule has 0 bridgehead atoms. The fourth-order valence-corrected chi connectivity index (χ4v) is 2.51. The molecule has 0 rings (SSSR count). The third kappa shape index (κ3) is 23.2. The summed E-state index contributed by atoms with van der Waals surface area (Å²) < 4.78 is 0. The molecule has 0 spiro atoms. The largest absolute Gasteiger partial charge is 0.550 e. The van der Waals surface area contributed by atoms with E-state index in [-0.39, 0.29) is 5.91 Å². The second-order valence-electron chi connectivity index (χ2n) is 6.39. The zero-order valence-corrected chi connectivity index (χ0v) is 16.4. The van der Waals surface area contributed by atoms with Crippen molar-refractivity contribution in [2.45, 2.75) is 97.4 Å². The average molecular weight is 345 g/mol. The predicted octanol–water partition coefficient (Wildman–Crippen LogP) is 1.75. The fraction of sp³-hybridized carbons (Fsp3) is 0.895. The van der Waals surface area contributed by atoms with E-state index in [1.807, 2.05) is 0 Å². The van der Waals surface area contributed by atoms with Crippen LogP contribution in [0.15, 0.2) is 0 Å². The van der Waals surface area contributed by atoms with Crippen LogP contribution in [0.5, 0.6) is 0 Å². The maximum atomic E-state index is 11.8. The number of rotatable bonds is 14. The van der Waals surface area contributed by atoms with E-state index >= 15 is 0 Å². The number of carbonyl (C=O) groups is 2. The van der Waals surface area contributed by atoms with Crippen LogP contribution in [0.2, 0.25) is 0 Å². The first-order valence-electron chi connectivity index (χ1n) is 9.72. The maximum absolute atomic E-state index is 11.8. The van der Waals surface area contributed by atoms with E-state index in [0.717, 1.165) is 26.3 Å². The molecule has 0 aromatic heterocycles. The van der Waals surface area contributed by atoms with Crippen LogP contribution in [0.1, 0.15) is 91.4 Å². The van der Waals surface area contributed by atoms with Crippen molar-refractivity contribution in [2.75, 3.05) is 13.6 Å². The van der Waals surface area contributed by atoms with Crippen LogP contribution in [0, 0.1) is 0 Å². The summed E-state index contributed by atoms with van der Waals surface area (Å²) >= 11 is 0. The molecule has 3 N–H and O–H groups in total. The lowest BCUT2D eigenvalue weighted by Crippen LogP contribution is -2.83. The summed E-state index contributed by atoms with van der Waals surface area (Å²) in [5.74, 6) is -0.846. The third-order valence-corrected chi connectivity index (χ3v) is 3.89. The molecule has 0 aliphatic rings. The minimum Gasteiger partial charge on any atom is -0.550 e. The zero-order chi connectivity index (χ0) is 18.6. The average Bonchev–Trinajstić information content (AvgIpc) is 2.52. The molecule has 0 aliphatic carbocycles. The summed E-state index contributed by atoms with van der Waals surface area (Å²) in [5.41, 5.74) is 0. The van der Waals surface area contributed by atoms with E-state index in [0.29, 0.717) is 12.5 Å². The van der Waals surface area contributed by atoms with E-state index in [4.69, 9.17) is 9.90 Å². The van der Waals surface area contributed by atoms with Crippen LogP contribution in [0.25, 0.3) is 0 Å². The molecule has 0 aromatic rings. The van der Waals surface area contributed by atoms with Gasteiger partial charge in [-0.1, -0.05) is 65.2 Å². The van der Waals surface area contributed by atoms with Crippen LogP contribution in [0.3, 0.4) is 0 Å². The maximum Gasteiger partial charge on any atom is 0.220 e. The van der Waals surface area contributed by atoms with Crippen molar-refractivity contribution in [3.63, 3.8) is 0 Å². The fourth-order valence-electron chi connectivity index (χ4n) is 2.51. The van der Waals surface area contributed by atoms with Crippen LogP contribution < -0.4 is 15.7 Å². The number of quaternary nitrogens is 1. The van der Waals surface area contributed by atoms with Crippen molar-refractivity contribution < 1.29 is 20.0 Å². The van der Waals surface area contributed by atoms with Gasteiger partial charge in [0.1, 0.15) is 0 Å². The van der Waals surface area contributed by atoms with E-state index < -0.39 is 5.97 Å². The Kier molecular flexibility index (Phi) is 20.9. The van der Waals surface area contributed by atoms with Gasteiger partial charge >= 0.3 is 0 Å². The standard InChI is InChI=1S/C17H36N2O.C2H4O2/c1-4-6-7-8-9-10-11-12-13-14-17(20)19-16(5-2)15-18-3;1-2(3)4/h16,18H,4-15H2,1-3H3,(H,19,20);1H3,(H,3,4). The Morgan fingerprint density at radius 1 is 0.958 bits per heavy atom. The van der Waals surface area contributed by atoms with Crippen molar-refractivity contribution in [1.29, 1.82) is 0 Å². The summed E-state index contributed by atoms with van der Waals surface area (Å²) in [4.78, 5) is 20.7. The van der Waals surface area contributed by atoms with Crippen LogP contribution >= 0.6 is 0 Å². The molecular weight excluding hydrogens is 304 g/mol. The molecule has 0 heterocycles. The Balaban J connectivity index is 0. The lowest BCUT2D eigenvalue weighted by atomic mass is 10.1. The molecule has 0 aromatic carbocycles. The molecule has 0 aliphatic heterocycles. The first-order valence-corrected chi connectivity index (χ1v) is 9.72. The highest BCUT2D eigenvalue weighted by atomic mass is 16.4. The Morgan fingerprint density at radius 3 is 1.83 bits per heavy atom. The van der Waals surface area contributed by atoms with Gasteiger partial charge in [0.2, 0.25) is 5.91 Å². The number of hydrogen-bond donors (Lipinski definition) is 2. The second-order valence-corrected chi connectivity index (χ2v) is 6.39. The highest BCUT2D eigenvalue weighted by Gasteiger charge is 2.10. The smallest absolute Gasteiger partial charge is 0.220 e. The Labute approximate surface area is 149 Å². The van der Waals surface area contributed by atoms with Gasteiger partial charge in [-0.05, 0) is 19.8 Å². The normalized spacial score (nSPS) is 11.3. The van der Waals surface area contributed by atoms with Crippen molar-refractivity contribution in [3.05, 3.63) is 0 Å². The van der Waals surface area contributed by atoms with Crippen LogP contribution in [-0.2, 0) is 9.59 Å². The van der Waals surface area contributed by atoms with Crippen molar-refractivity contribution in [3.8, 4) is 0 Å². The molecular formula is C19H40N2O3. The Bertz CT molecular complexity index is 292. The van der Waals surface area contributed by atoms with Gasteiger partial charge in [0.25, 0.3) is 0 Å². The zero-order valence-electron chi connectivity index (χ0n) is 16.4. The number of nitrogens with two attached hydrogens (primary N) is 1. The highest BCUT2D eigenvalue weighted by molar-refractivity contribution is 5.76. The number of nitrogens with one attached hydrogen (secondary N) is 1. The number of unbranched alkanes of at least 4 members (excludes halogenated alkanes) is 8. The monoisotopic (exact) mass is 344 g/mol. The first-order chi connectivity index (χ1) is 11.5. The van der Waals surface area contributed by atoms with Gasteiger partial charge in [0.15, 0.2) is 0 Å². The number of amides is 1. The lowest BCUT2D eigenvalue weighted by molar-refractivity contribution is -0.629. The molecule has 1 unspecified atom stereocenters. The molecule has 1 atom stereocenters. The number of carbonyl (C=O) groups excluding carboxylic acids is 2. The SMILES string of the molecule is CC(=O)[O-].CCCCCCCCCCCC(=O)NC(CC)C[NH2+]C. The summed E-state index contributed by atoms with van der Waals surface area (Å²) in [6.45, 7) is 6.35. The van der Waals surface area contributed by atoms with Crippen molar-refractivity contribution in [1.82, 2.24) is 5.32 Å². The van der Waals surface area contributed by atoms with E-state index in [1.54, 1.807) is 0 Å². The molecule has 0 saturated carbocycles. The molecule has 0 saturated heterocycles. The molecule has 5 heteroatoms. The highest BCUT2D eigenvalue weighted by Crippen LogP contribution is 2.10. The summed E-state index contributed by atoms with van der Waals surface area (Å²) in [6.07, 6.45) is 13.5. The number of likely N-dealkylation sites (N-methyl/N-ethyl adjacent to an activating group) is 1. The van der Waals surface area contributed by atoms with Gasteiger partial charge in [-0.25, -0.2) is 0 Å². The minimum absolute atomic E-state index is 0.238. The second kappa shape index (κ2) is 19.9. The molecule has 5 nitrogen and oxygen atoms in total. The van der Waals surface area contributed by atoms with Crippen LogP contribution in [-0.4, -0.2) is 31.5 Å². The Morgan fingerprint density at radius 2 is 1.42 bits per heavy atom. The molecule has 144 valence electrons. The van der Waals surface area contributed by atoms with Gasteiger partial charge in [-0.2, -0.15) is 0 Å². The van der Waals surface area contributed by atoms with E-state index in [1.165, 1.54) is 51.4 Å². The first kappa shape index (κ1) is 25.1. The molecule has 0 radical (unpaired) electrons. The van der Waals surface area contributed by atoms with Gasteiger partial charge in [-0.15, -0.1) is 0 Å². The number of carboxylic acids is 1. The number of carboxylic acid groups (broad SMARTS) is 1. The van der Waals surface area contributed by atoms with Gasteiger partial charge < -0.3 is 20.5 Å². The molecule has 0 fully saturated rings. The van der Waals surface area contributed by atoms with Gasteiger partial charge in [0, 0.05) is 12.4 Å². The van der Waals surface area contributed by atoms with E-state index in [9.17, 15) is 4.79 Å². The van der Waals surface area contributed by atoms with E-state index in [2.05, 4.69) is 31.5 Å². The topological polar surface area (TPSA) is 85.8 Å². The summed E-state index contributed by atoms with van der Waals surface area (Å²) in [7, 11) is 2.05. The van der Waals surface area contributed by atoms with Crippen molar-refractivity contribution >= 4 is 11.9 Å². The van der Waals surface area contributed by atoms with Gasteiger partial charge in [0.05, 0.1) is 19.6 Å². The number of hydrogen-bond acceptors (Lipinski definition) is 3.